The second-order valence-corrected chi connectivity index (χ2v) is 6.59. The van der Waals surface area contributed by atoms with E-state index in [2.05, 4.69) is 0 Å². The number of aryl methyl sites for hydroxylation is 1. The van der Waals surface area contributed by atoms with Crippen LogP contribution in [0.3, 0.4) is 0 Å². The highest BCUT2D eigenvalue weighted by Gasteiger charge is 2.29. The Hall–Kier alpha value is -1.11. The number of rotatable bonds is 7. The number of nitrogen functional groups attached to an aromatic ring is 1. The first-order valence-corrected chi connectivity index (χ1v) is 8.21. The van der Waals surface area contributed by atoms with Crippen LogP contribution in [-0.2, 0) is 21.2 Å². The first-order valence-electron chi connectivity index (χ1n) is 6.77. The lowest BCUT2D eigenvalue weighted by Crippen LogP contribution is -2.41. The van der Waals surface area contributed by atoms with Crippen LogP contribution in [0.4, 0.5) is 5.69 Å². The van der Waals surface area contributed by atoms with Gasteiger partial charge in [0, 0.05) is 25.4 Å². The van der Waals surface area contributed by atoms with Gasteiger partial charge in [0.2, 0.25) is 10.0 Å². The van der Waals surface area contributed by atoms with Crippen molar-refractivity contribution in [1.82, 2.24) is 4.31 Å². The summed E-state index contributed by atoms with van der Waals surface area (Å²) in [4.78, 5) is 0.296. The summed E-state index contributed by atoms with van der Waals surface area (Å²) in [5, 5.41) is 0. The van der Waals surface area contributed by atoms with Gasteiger partial charge in [-0.05, 0) is 31.0 Å². The maximum atomic E-state index is 12.8. The Morgan fingerprint density at radius 3 is 2.50 bits per heavy atom. The fourth-order valence-corrected chi connectivity index (χ4v) is 4.23. The van der Waals surface area contributed by atoms with E-state index >= 15 is 0 Å². The van der Waals surface area contributed by atoms with Crippen LogP contribution < -0.4 is 5.73 Å². The summed E-state index contributed by atoms with van der Waals surface area (Å²) in [6.45, 7) is 6.34. The van der Waals surface area contributed by atoms with Gasteiger partial charge in [-0.2, -0.15) is 4.31 Å². The summed E-state index contributed by atoms with van der Waals surface area (Å²) in [5.41, 5.74) is 6.98. The molecule has 0 aliphatic rings. The molecule has 6 heteroatoms. The third kappa shape index (κ3) is 3.50. The van der Waals surface area contributed by atoms with Crippen molar-refractivity contribution in [3.8, 4) is 0 Å². The van der Waals surface area contributed by atoms with Crippen LogP contribution in [0.5, 0.6) is 0 Å². The maximum absolute atomic E-state index is 12.8. The Morgan fingerprint density at radius 1 is 1.35 bits per heavy atom. The molecule has 0 heterocycles. The molecule has 0 saturated heterocycles. The third-order valence-electron chi connectivity index (χ3n) is 3.27. The van der Waals surface area contributed by atoms with Gasteiger partial charge in [0.1, 0.15) is 0 Å². The molecule has 1 aromatic carbocycles. The minimum absolute atomic E-state index is 0.221. The number of anilines is 1. The van der Waals surface area contributed by atoms with E-state index in [1.165, 1.54) is 10.4 Å². The largest absolute Gasteiger partial charge is 0.399 e. The van der Waals surface area contributed by atoms with Crippen molar-refractivity contribution in [3.05, 3.63) is 23.8 Å². The molecule has 2 N–H and O–H groups in total. The van der Waals surface area contributed by atoms with Crippen molar-refractivity contribution < 1.29 is 13.2 Å². The molecule has 0 aliphatic heterocycles. The zero-order valence-corrected chi connectivity index (χ0v) is 13.4. The van der Waals surface area contributed by atoms with Crippen molar-refractivity contribution >= 4 is 15.7 Å². The first-order chi connectivity index (χ1) is 9.38. The SMILES string of the molecule is CCc1ccc(N)cc1S(=O)(=O)N(CC)C(C)COC. The predicted molar refractivity (Wildman–Crippen MR) is 81.1 cm³/mol. The molecule has 0 fully saturated rings. The van der Waals surface area contributed by atoms with Crippen molar-refractivity contribution in [2.24, 2.45) is 0 Å². The lowest BCUT2D eigenvalue weighted by atomic mass is 10.1. The number of hydrogen-bond donors (Lipinski definition) is 1. The number of hydrogen-bond acceptors (Lipinski definition) is 4. The average Bonchev–Trinajstić information content (AvgIpc) is 2.39. The Bertz CT molecular complexity index is 543. The summed E-state index contributed by atoms with van der Waals surface area (Å²) in [6.07, 6.45) is 0.644. The van der Waals surface area contributed by atoms with E-state index in [-0.39, 0.29) is 6.04 Å². The summed E-state index contributed by atoms with van der Waals surface area (Å²) < 4.78 is 32.2. The normalized spacial score (nSPS) is 13.7. The van der Waals surface area contributed by atoms with Crippen LogP contribution in [0.1, 0.15) is 26.3 Å². The first kappa shape index (κ1) is 16.9. The standard InChI is InChI=1S/C14H24N2O3S/c1-5-12-7-8-13(15)9-14(12)20(17,18)16(6-2)11(3)10-19-4/h7-9,11H,5-6,10,15H2,1-4H3. The number of ether oxygens (including phenoxy) is 1. The number of sulfonamides is 1. The van der Waals surface area contributed by atoms with Crippen LogP contribution in [0, 0.1) is 0 Å². The van der Waals surface area contributed by atoms with Gasteiger partial charge in [-0.15, -0.1) is 0 Å². The van der Waals surface area contributed by atoms with E-state index in [4.69, 9.17) is 10.5 Å². The lowest BCUT2D eigenvalue weighted by Gasteiger charge is -2.27. The number of methoxy groups -OCH3 is 1. The molecule has 1 unspecified atom stereocenters. The second kappa shape index (κ2) is 7.06. The van der Waals surface area contributed by atoms with Crippen molar-refractivity contribution in [3.63, 3.8) is 0 Å². The zero-order valence-electron chi connectivity index (χ0n) is 12.6. The molecule has 1 atom stereocenters. The van der Waals surface area contributed by atoms with E-state index in [0.29, 0.717) is 30.2 Å². The van der Waals surface area contributed by atoms with Gasteiger partial charge in [-0.1, -0.05) is 19.9 Å². The highest BCUT2D eigenvalue weighted by Crippen LogP contribution is 2.24. The highest BCUT2D eigenvalue weighted by atomic mass is 32.2. The monoisotopic (exact) mass is 300 g/mol. The second-order valence-electron chi connectivity index (χ2n) is 4.73. The molecule has 0 bridgehead atoms. The van der Waals surface area contributed by atoms with Crippen LogP contribution in [-0.4, -0.2) is 39.0 Å². The Kier molecular flexibility index (Phi) is 5.98. The van der Waals surface area contributed by atoms with E-state index < -0.39 is 10.0 Å². The van der Waals surface area contributed by atoms with Gasteiger partial charge in [0.25, 0.3) is 0 Å². The average molecular weight is 300 g/mol. The smallest absolute Gasteiger partial charge is 0.243 e. The Labute approximate surface area is 121 Å². The van der Waals surface area contributed by atoms with Crippen LogP contribution in [0.15, 0.2) is 23.1 Å². The Balaban J connectivity index is 3.30. The minimum atomic E-state index is -3.56. The van der Waals surface area contributed by atoms with Gasteiger partial charge in [-0.25, -0.2) is 8.42 Å². The van der Waals surface area contributed by atoms with Crippen LogP contribution in [0.2, 0.25) is 0 Å². The summed E-state index contributed by atoms with van der Waals surface area (Å²) in [7, 11) is -2.00. The molecule has 0 aliphatic carbocycles. The molecule has 114 valence electrons. The van der Waals surface area contributed by atoms with Gasteiger partial charge < -0.3 is 10.5 Å². The molecule has 0 spiro atoms. The Morgan fingerprint density at radius 2 is 2.00 bits per heavy atom. The highest BCUT2D eigenvalue weighted by molar-refractivity contribution is 7.89. The summed E-state index contributed by atoms with van der Waals surface area (Å²) in [6, 6.07) is 4.82. The van der Waals surface area contributed by atoms with Crippen molar-refractivity contribution in [2.45, 2.75) is 38.1 Å². The molecule has 5 nitrogen and oxygen atoms in total. The molecule has 0 amide bonds. The fourth-order valence-electron chi connectivity index (χ4n) is 2.27. The minimum Gasteiger partial charge on any atom is -0.399 e. The van der Waals surface area contributed by atoms with Crippen molar-refractivity contribution in [2.75, 3.05) is 26.0 Å². The van der Waals surface area contributed by atoms with Gasteiger partial charge in [-0.3, -0.25) is 0 Å². The molecule has 0 saturated carbocycles. The zero-order chi connectivity index (χ0) is 15.3. The topological polar surface area (TPSA) is 72.6 Å². The van der Waals surface area contributed by atoms with E-state index in [1.807, 2.05) is 20.8 Å². The molecular weight excluding hydrogens is 276 g/mol. The molecule has 0 aromatic heterocycles. The molecule has 1 rings (SSSR count). The maximum Gasteiger partial charge on any atom is 0.243 e. The number of likely N-dealkylation sites (N-methyl/N-ethyl adjacent to an activating group) is 1. The fraction of sp³-hybridized carbons (Fsp3) is 0.571. The van der Waals surface area contributed by atoms with Crippen molar-refractivity contribution in [1.29, 1.82) is 0 Å². The number of nitrogens with zero attached hydrogens (tertiary/aromatic N) is 1. The van der Waals surface area contributed by atoms with Gasteiger partial charge in [0.15, 0.2) is 0 Å². The lowest BCUT2D eigenvalue weighted by molar-refractivity contribution is 0.142. The third-order valence-corrected chi connectivity index (χ3v) is 5.44. The summed E-state index contributed by atoms with van der Waals surface area (Å²) >= 11 is 0. The van der Waals surface area contributed by atoms with Gasteiger partial charge in [0.05, 0.1) is 11.5 Å². The van der Waals surface area contributed by atoms with Crippen LogP contribution >= 0.6 is 0 Å². The van der Waals surface area contributed by atoms with E-state index in [1.54, 1.807) is 19.2 Å². The van der Waals surface area contributed by atoms with E-state index in [0.717, 1.165) is 5.56 Å². The number of nitrogens with two attached hydrogens (primary N) is 1. The predicted octanol–water partition coefficient (Wildman–Crippen LogP) is 1.88. The molecule has 20 heavy (non-hydrogen) atoms. The van der Waals surface area contributed by atoms with Gasteiger partial charge >= 0.3 is 0 Å². The van der Waals surface area contributed by atoms with E-state index in [9.17, 15) is 8.42 Å². The molecule has 0 radical (unpaired) electrons. The van der Waals surface area contributed by atoms with Crippen LogP contribution in [0.25, 0.3) is 0 Å². The molecule has 1 aromatic rings. The molecular formula is C14H24N2O3S. The quantitative estimate of drug-likeness (QED) is 0.780. The number of benzene rings is 1. The summed E-state index contributed by atoms with van der Waals surface area (Å²) in [5.74, 6) is 0.